The Morgan fingerprint density at radius 1 is 1.07 bits per heavy atom. The van der Waals surface area contributed by atoms with E-state index in [1.165, 1.54) is 24.1 Å². The first-order valence-electron chi connectivity index (χ1n) is 9.80. The number of benzene rings is 1. The van der Waals surface area contributed by atoms with Crippen LogP contribution in [0.15, 0.2) is 24.3 Å². The molecular weight excluding hydrogens is 388 g/mol. The third kappa shape index (κ3) is 5.49. The first kappa shape index (κ1) is 24.9. The molecule has 9 heteroatoms. The summed E-state index contributed by atoms with van der Waals surface area (Å²) in [6.45, 7) is 7.35. The van der Waals surface area contributed by atoms with Gasteiger partial charge in [0, 0.05) is 7.05 Å². The molecule has 1 aromatic carbocycles. The number of carbonyl (C=O) groups excluding carboxylic acids is 3. The Kier molecular flexibility index (Phi) is 8.38. The molecule has 0 spiro atoms. The fourth-order valence-corrected chi connectivity index (χ4v) is 3.50. The second-order valence-electron chi connectivity index (χ2n) is 8.26. The number of carboxylic acid groups (broad SMARTS) is 1. The fraction of sp³-hybridized carbons (Fsp3) is 0.524. The number of hydrogen-bond acceptors (Lipinski definition) is 5. The standard InChI is InChI=1S/C21H32N4O5/c1-12(2)10-15(17(22)26)24-20(30)21(19(23)29,11-13(3)4)25(5)16-9-7-6-8-14(16)18(27)28/h6-9,12-13,15H,10-11H2,1-5H3,(H2,22,26)(H2,23,29)(H,24,30)(H,27,28)/t15-,21+/m0/s1. The predicted octanol–water partition coefficient (Wildman–Crippen LogP) is 1.11. The van der Waals surface area contributed by atoms with Crippen molar-refractivity contribution in [3.8, 4) is 0 Å². The van der Waals surface area contributed by atoms with Crippen molar-refractivity contribution < 1.29 is 24.3 Å². The van der Waals surface area contributed by atoms with E-state index in [2.05, 4.69) is 5.32 Å². The van der Waals surface area contributed by atoms with E-state index in [0.29, 0.717) is 0 Å². The van der Waals surface area contributed by atoms with Gasteiger partial charge in [0.25, 0.3) is 11.8 Å². The van der Waals surface area contributed by atoms with E-state index in [1.54, 1.807) is 12.1 Å². The Morgan fingerprint density at radius 3 is 2.07 bits per heavy atom. The molecule has 0 heterocycles. The Labute approximate surface area is 176 Å². The average Bonchev–Trinajstić information content (AvgIpc) is 2.63. The lowest BCUT2D eigenvalue weighted by Crippen LogP contribution is -2.67. The van der Waals surface area contributed by atoms with Crippen molar-refractivity contribution in [1.82, 2.24) is 5.32 Å². The minimum absolute atomic E-state index is 0.00573. The maximum Gasteiger partial charge on any atom is 0.337 e. The molecular formula is C21H32N4O5. The summed E-state index contributed by atoms with van der Waals surface area (Å²) in [5.41, 5.74) is 9.32. The largest absolute Gasteiger partial charge is 0.478 e. The molecule has 9 nitrogen and oxygen atoms in total. The van der Waals surface area contributed by atoms with Gasteiger partial charge in [-0.3, -0.25) is 14.4 Å². The van der Waals surface area contributed by atoms with Gasteiger partial charge in [-0.1, -0.05) is 39.8 Å². The molecule has 3 amide bonds. The summed E-state index contributed by atoms with van der Waals surface area (Å²) >= 11 is 0. The minimum Gasteiger partial charge on any atom is -0.478 e. The molecule has 0 aliphatic rings. The zero-order chi connectivity index (χ0) is 23.2. The van der Waals surface area contributed by atoms with Crippen LogP contribution in [0, 0.1) is 11.8 Å². The van der Waals surface area contributed by atoms with Gasteiger partial charge in [-0.25, -0.2) is 4.79 Å². The first-order chi connectivity index (χ1) is 13.8. The topological polar surface area (TPSA) is 156 Å². The highest BCUT2D eigenvalue weighted by Crippen LogP contribution is 2.32. The van der Waals surface area contributed by atoms with Crippen molar-refractivity contribution >= 4 is 29.4 Å². The summed E-state index contributed by atoms with van der Waals surface area (Å²) in [4.78, 5) is 51.0. The Morgan fingerprint density at radius 2 is 1.63 bits per heavy atom. The summed E-state index contributed by atoms with van der Waals surface area (Å²) in [5.74, 6) is -3.79. The summed E-state index contributed by atoms with van der Waals surface area (Å²) in [5, 5.41) is 12.1. The number of hydrogen-bond donors (Lipinski definition) is 4. The number of aromatic carboxylic acids is 1. The molecule has 30 heavy (non-hydrogen) atoms. The zero-order valence-corrected chi connectivity index (χ0v) is 18.1. The number of nitrogens with two attached hydrogens (primary N) is 2. The van der Waals surface area contributed by atoms with Gasteiger partial charge >= 0.3 is 5.97 Å². The third-order valence-corrected chi connectivity index (χ3v) is 4.91. The van der Waals surface area contributed by atoms with Crippen molar-refractivity contribution in [2.45, 2.75) is 52.1 Å². The Hall–Kier alpha value is -3.10. The highest BCUT2D eigenvalue weighted by atomic mass is 16.4. The predicted molar refractivity (Wildman–Crippen MR) is 114 cm³/mol. The fourth-order valence-electron chi connectivity index (χ4n) is 3.50. The number of amides is 3. The van der Waals surface area contributed by atoms with Crippen molar-refractivity contribution in [2.24, 2.45) is 23.3 Å². The van der Waals surface area contributed by atoms with Crippen molar-refractivity contribution in [2.75, 3.05) is 11.9 Å². The Balaban J connectivity index is 3.57. The van der Waals surface area contributed by atoms with Crippen molar-refractivity contribution in [3.05, 3.63) is 29.8 Å². The van der Waals surface area contributed by atoms with Crippen LogP contribution < -0.4 is 21.7 Å². The zero-order valence-electron chi connectivity index (χ0n) is 18.1. The van der Waals surface area contributed by atoms with E-state index < -0.39 is 35.3 Å². The molecule has 166 valence electrons. The number of nitrogens with one attached hydrogen (secondary N) is 1. The normalized spacial score (nSPS) is 14.1. The molecule has 2 atom stereocenters. The van der Waals surface area contributed by atoms with Crippen LogP contribution >= 0.6 is 0 Å². The molecule has 0 aromatic heterocycles. The monoisotopic (exact) mass is 420 g/mol. The maximum atomic E-state index is 13.4. The van der Waals surface area contributed by atoms with Gasteiger partial charge in [-0.2, -0.15) is 0 Å². The van der Waals surface area contributed by atoms with Crippen LogP contribution in [-0.4, -0.2) is 47.4 Å². The van der Waals surface area contributed by atoms with Crippen LogP contribution in [0.2, 0.25) is 0 Å². The number of likely N-dealkylation sites (N-methyl/N-ethyl adjacent to an activating group) is 1. The maximum absolute atomic E-state index is 13.4. The second kappa shape index (κ2) is 10.1. The van der Waals surface area contributed by atoms with Gasteiger partial charge in [0.15, 0.2) is 5.54 Å². The van der Waals surface area contributed by atoms with Gasteiger partial charge in [0.2, 0.25) is 5.91 Å². The van der Waals surface area contributed by atoms with Crippen LogP contribution in [0.5, 0.6) is 0 Å². The molecule has 0 saturated heterocycles. The Bertz CT molecular complexity index is 808. The van der Waals surface area contributed by atoms with Crippen LogP contribution in [-0.2, 0) is 14.4 Å². The number of primary amides is 2. The molecule has 0 bridgehead atoms. The number of nitrogens with zero attached hydrogens (tertiary/aromatic N) is 1. The van der Waals surface area contributed by atoms with E-state index >= 15 is 0 Å². The van der Waals surface area contributed by atoms with Gasteiger partial charge in [-0.05, 0) is 36.8 Å². The van der Waals surface area contributed by atoms with Gasteiger partial charge in [0.05, 0.1) is 11.3 Å². The number of para-hydroxylation sites is 1. The highest BCUT2D eigenvalue weighted by molar-refractivity contribution is 6.13. The summed E-state index contributed by atoms with van der Waals surface area (Å²) in [6.07, 6.45) is 0.290. The molecule has 1 rings (SSSR count). The van der Waals surface area contributed by atoms with E-state index in [-0.39, 0.29) is 35.9 Å². The van der Waals surface area contributed by atoms with Crippen LogP contribution in [0.1, 0.15) is 50.9 Å². The van der Waals surface area contributed by atoms with E-state index in [4.69, 9.17) is 11.5 Å². The molecule has 1 aromatic rings. The molecule has 0 unspecified atom stereocenters. The lowest BCUT2D eigenvalue weighted by atomic mass is 9.84. The smallest absolute Gasteiger partial charge is 0.337 e. The third-order valence-electron chi connectivity index (χ3n) is 4.91. The SMILES string of the molecule is CC(C)C[C@H](NC(=O)[C@@](CC(C)C)(C(N)=O)N(C)c1ccccc1C(=O)O)C(N)=O. The molecule has 0 aliphatic carbocycles. The average molecular weight is 421 g/mol. The molecule has 0 saturated carbocycles. The minimum atomic E-state index is -1.93. The number of rotatable bonds is 11. The number of anilines is 1. The van der Waals surface area contributed by atoms with E-state index in [1.807, 2.05) is 27.7 Å². The van der Waals surface area contributed by atoms with Crippen molar-refractivity contribution in [3.63, 3.8) is 0 Å². The van der Waals surface area contributed by atoms with Crippen LogP contribution in [0.4, 0.5) is 5.69 Å². The lowest BCUT2D eigenvalue weighted by molar-refractivity contribution is -0.138. The molecule has 0 radical (unpaired) electrons. The number of carboxylic acids is 1. The quantitative estimate of drug-likeness (QED) is 0.393. The lowest BCUT2D eigenvalue weighted by Gasteiger charge is -2.41. The molecule has 6 N–H and O–H groups in total. The van der Waals surface area contributed by atoms with E-state index in [9.17, 15) is 24.3 Å². The van der Waals surface area contributed by atoms with Gasteiger partial charge in [0.1, 0.15) is 6.04 Å². The van der Waals surface area contributed by atoms with Crippen molar-refractivity contribution in [1.29, 1.82) is 0 Å². The van der Waals surface area contributed by atoms with Gasteiger partial charge < -0.3 is 26.8 Å². The van der Waals surface area contributed by atoms with Crippen LogP contribution in [0.25, 0.3) is 0 Å². The summed E-state index contributed by atoms with van der Waals surface area (Å²) < 4.78 is 0. The molecule has 0 fully saturated rings. The number of carbonyl (C=O) groups is 4. The summed E-state index contributed by atoms with van der Waals surface area (Å²) in [6, 6.07) is 5.02. The molecule has 0 aliphatic heterocycles. The van der Waals surface area contributed by atoms with E-state index in [0.717, 1.165) is 0 Å². The summed E-state index contributed by atoms with van der Waals surface area (Å²) in [7, 11) is 1.44. The van der Waals surface area contributed by atoms with Crippen LogP contribution in [0.3, 0.4) is 0 Å². The van der Waals surface area contributed by atoms with Gasteiger partial charge in [-0.15, -0.1) is 0 Å². The first-order valence-corrected chi connectivity index (χ1v) is 9.80. The second-order valence-corrected chi connectivity index (χ2v) is 8.26. The highest BCUT2D eigenvalue weighted by Gasteiger charge is 2.50.